The molecular weight excluding hydrogens is 300 g/mol. The van der Waals surface area contributed by atoms with Gasteiger partial charge in [0, 0.05) is 14.1 Å². The van der Waals surface area contributed by atoms with Gasteiger partial charge in [-0.05, 0) is 24.6 Å². The normalized spacial score (nSPS) is 17.2. The quantitative estimate of drug-likeness (QED) is 0.632. The van der Waals surface area contributed by atoms with Crippen molar-refractivity contribution >= 4 is 27.4 Å². The summed E-state index contributed by atoms with van der Waals surface area (Å²) in [6.45, 7) is 2.79. The Labute approximate surface area is 131 Å². The highest BCUT2D eigenvalue weighted by atomic mass is 32.2. The third-order valence-electron chi connectivity index (χ3n) is 3.20. The van der Waals surface area contributed by atoms with Crippen molar-refractivity contribution < 1.29 is 8.95 Å². The van der Waals surface area contributed by atoms with Crippen molar-refractivity contribution in [3.63, 3.8) is 0 Å². The maximum atomic E-state index is 12.7. The summed E-state index contributed by atoms with van der Waals surface area (Å²) in [5.74, 6) is 0.894. The van der Waals surface area contributed by atoms with E-state index in [0.29, 0.717) is 41.7 Å². The molecule has 118 valence electrons. The third-order valence-corrected chi connectivity index (χ3v) is 5.36. The van der Waals surface area contributed by atoms with Crippen molar-refractivity contribution in [1.82, 2.24) is 4.90 Å². The molecule has 0 N–H and O–H groups in total. The molecule has 1 heterocycles. The van der Waals surface area contributed by atoms with Crippen molar-refractivity contribution in [3.8, 4) is 6.07 Å². The van der Waals surface area contributed by atoms with Gasteiger partial charge in [-0.1, -0.05) is 0 Å². The zero-order valence-corrected chi connectivity index (χ0v) is 13.9. The molecule has 0 amide bonds. The molecule has 1 aliphatic heterocycles. The van der Waals surface area contributed by atoms with E-state index in [2.05, 4.69) is 15.4 Å². The van der Waals surface area contributed by atoms with Crippen LogP contribution < -0.4 is 0 Å². The van der Waals surface area contributed by atoms with Crippen molar-refractivity contribution in [1.29, 1.82) is 5.26 Å². The molecule has 7 heteroatoms. The third kappa shape index (κ3) is 4.06. The molecular formula is C15H20N4O2S. The SMILES string of the molecule is Cc1cc(N=S2(=O)CCOCC2)cc(/N=C\N(C)C)c1C#N. The van der Waals surface area contributed by atoms with E-state index in [1.807, 2.05) is 21.0 Å². The number of rotatable bonds is 3. The van der Waals surface area contributed by atoms with Crippen molar-refractivity contribution in [2.45, 2.75) is 6.92 Å². The number of hydrogen-bond donors (Lipinski definition) is 0. The predicted molar refractivity (Wildman–Crippen MR) is 88.5 cm³/mol. The van der Waals surface area contributed by atoms with Gasteiger partial charge in [-0.25, -0.2) is 9.20 Å². The van der Waals surface area contributed by atoms with Crippen molar-refractivity contribution in [2.75, 3.05) is 38.8 Å². The first-order valence-corrected chi connectivity index (χ1v) is 8.84. The van der Waals surface area contributed by atoms with Gasteiger partial charge in [0.2, 0.25) is 0 Å². The highest BCUT2D eigenvalue weighted by Gasteiger charge is 2.16. The molecule has 1 aliphatic rings. The van der Waals surface area contributed by atoms with Crippen LogP contribution in [0.3, 0.4) is 0 Å². The molecule has 0 atom stereocenters. The minimum atomic E-state index is -2.27. The summed E-state index contributed by atoms with van der Waals surface area (Å²) in [6, 6.07) is 5.67. The van der Waals surface area contributed by atoms with Crippen LogP contribution in [-0.2, 0) is 14.5 Å². The number of aliphatic imine (C=N–C) groups is 1. The number of ether oxygens (including phenoxy) is 1. The maximum absolute atomic E-state index is 12.7. The van der Waals surface area contributed by atoms with E-state index in [9.17, 15) is 9.47 Å². The van der Waals surface area contributed by atoms with Gasteiger partial charge in [-0.15, -0.1) is 0 Å². The summed E-state index contributed by atoms with van der Waals surface area (Å²) >= 11 is 0. The van der Waals surface area contributed by atoms with Gasteiger partial charge in [0.15, 0.2) is 0 Å². The number of hydrogen-bond acceptors (Lipinski definition) is 5. The molecule has 1 fully saturated rings. The van der Waals surface area contributed by atoms with Crippen molar-refractivity contribution in [3.05, 3.63) is 23.3 Å². The van der Waals surface area contributed by atoms with Gasteiger partial charge in [-0.3, -0.25) is 0 Å². The molecule has 0 unspecified atom stereocenters. The summed E-state index contributed by atoms with van der Waals surface area (Å²) in [6.07, 6.45) is 1.63. The molecule has 22 heavy (non-hydrogen) atoms. The summed E-state index contributed by atoms with van der Waals surface area (Å²) in [4.78, 5) is 6.11. The van der Waals surface area contributed by atoms with Crippen LogP contribution >= 0.6 is 0 Å². The molecule has 0 radical (unpaired) electrons. The first kappa shape index (κ1) is 16.5. The van der Waals surface area contributed by atoms with E-state index in [0.717, 1.165) is 5.56 Å². The molecule has 0 saturated carbocycles. The Morgan fingerprint density at radius 1 is 1.36 bits per heavy atom. The molecule has 1 saturated heterocycles. The Morgan fingerprint density at radius 3 is 2.64 bits per heavy atom. The van der Waals surface area contributed by atoms with Gasteiger partial charge in [0.05, 0.1) is 57.7 Å². The smallest absolute Gasteiger partial charge is 0.102 e. The van der Waals surface area contributed by atoms with Gasteiger partial charge < -0.3 is 9.64 Å². The Bertz CT molecular complexity index is 729. The fraction of sp³-hybridized carbons (Fsp3) is 0.467. The lowest BCUT2D eigenvalue weighted by atomic mass is 10.1. The van der Waals surface area contributed by atoms with Crippen LogP contribution in [0.5, 0.6) is 0 Å². The Hall–Kier alpha value is -1.91. The monoisotopic (exact) mass is 320 g/mol. The number of nitriles is 1. The summed E-state index contributed by atoms with van der Waals surface area (Å²) < 4.78 is 22.3. The average molecular weight is 320 g/mol. The first-order valence-electron chi connectivity index (χ1n) is 6.99. The average Bonchev–Trinajstić information content (AvgIpc) is 2.45. The second kappa shape index (κ2) is 6.90. The molecule has 1 aromatic carbocycles. The Balaban J connectivity index is 2.48. The summed E-state index contributed by atoms with van der Waals surface area (Å²) in [7, 11) is 1.44. The fourth-order valence-electron chi connectivity index (χ4n) is 2.09. The molecule has 0 aliphatic carbocycles. The van der Waals surface area contributed by atoms with E-state index in [-0.39, 0.29) is 0 Å². The van der Waals surface area contributed by atoms with Crippen LogP contribution in [0.2, 0.25) is 0 Å². The lowest BCUT2D eigenvalue weighted by Gasteiger charge is -2.16. The lowest BCUT2D eigenvalue weighted by molar-refractivity contribution is 0.158. The van der Waals surface area contributed by atoms with Gasteiger partial charge in [-0.2, -0.15) is 9.62 Å². The van der Waals surface area contributed by atoms with E-state index in [4.69, 9.17) is 4.74 Å². The van der Waals surface area contributed by atoms with E-state index < -0.39 is 9.73 Å². The van der Waals surface area contributed by atoms with Crippen LogP contribution in [0.4, 0.5) is 11.4 Å². The molecule has 0 bridgehead atoms. The van der Waals surface area contributed by atoms with Gasteiger partial charge in [0.1, 0.15) is 6.07 Å². The summed E-state index contributed by atoms with van der Waals surface area (Å²) in [5, 5.41) is 9.29. The highest BCUT2D eigenvalue weighted by molar-refractivity contribution is 7.93. The molecule has 2 rings (SSSR count). The highest BCUT2D eigenvalue weighted by Crippen LogP contribution is 2.29. The second-order valence-electron chi connectivity index (χ2n) is 5.36. The van der Waals surface area contributed by atoms with Crippen LogP contribution in [-0.4, -0.2) is 54.3 Å². The molecule has 0 spiro atoms. The van der Waals surface area contributed by atoms with Crippen LogP contribution in [0.25, 0.3) is 0 Å². The minimum Gasteiger partial charge on any atom is -0.379 e. The largest absolute Gasteiger partial charge is 0.379 e. The molecule has 0 aromatic heterocycles. The van der Waals surface area contributed by atoms with E-state index >= 15 is 0 Å². The lowest BCUT2D eigenvalue weighted by Crippen LogP contribution is -2.25. The van der Waals surface area contributed by atoms with E-state index in [1.165, 1.54) is 0 Å². The van der Waals surface area contributed by atoms with Gasteiger partial charge in [0.25, 0.3) is 0 Å². The standard InChI is InChI=1S/C15H20N4O2S/c1-12-8-13(18-22(20)6-4-21-5-7-22)9-15(14(12)10-16)17-11-19(2)3/h8-9,11H,4-7H2,1-3H3/b17-11-. The molecule has 1 aromatic rings. The number of benzene rings is 1. The predicted octanol–water partition coefficient (Wildman–Crippen LogP) is 2.22. The zero-order valence-electron chi connectivity index (χ0n) is 13.1. The van der Waals surface area contributed by atoms with Gasteiger partial charge >= 0.3 is 0 Å². The summed E-state index contributed by atoms with van der Waals surface area (Å²) in [5.41, 5.74) is 2.45. The Morgan fingerprint density at radius 2 is 2.05 bits per heavy atom. The number of aryl methyl sites for hydroxylation is 1. The number of nitrogens with zero attached hydrogens (tertiary/aromatic N) is 4. The van der Waals surface area contributed by atoms with Crippen LogP contribution in [0, 0.1) is 18.3 Å². The van der Waals surface area contributed by atoms with Crippen molar-refractivity contribution in [2.24, 2.45) is 9.36 Å². The fourth-order valence-corrected chi connectivity index (χ4v) is 3.73. The zero-order chi connectivity index (χ0) is 16.2. The van der Waals surface area contributed by atoms with Crippen LogP contribution in [0.1, 0.15) is 11.1 Å². The maximum Gasteiger partial charge on any atom is 0.102 e. The minimum absolute atomic E-state index is 0.447. The van der Waals surface area contributed by atoms with Crippen LogP contribution in [0.15, 0.2) is 21.5 Å². The second-order valence-corrected chi connectivity index (χ2v) is 7.91. The van der Waals surface area contributed by atoms with E-state index in [1.54, 1.807) is 23.4 Å². The first-order chi connectivity index (χ1) is 10.4. The topological polar surface area (TPSA) is 78.0 Å². The molecule has 6 nitrogen and oxygen atoms in total. The Kier molecular flexibility index (Phi) is 5.16.